The molecule has 2 heterocycles. The van der Waals surface area contributed by atoms with Crippen molar-refractivity contribution in [3.05, 3.63) is 0 Å². The highest BCUT2D eigenvalue weighted by atomic mass is 16.5. The lowest BCUT2D eigenvalue weighted by Gasteiger charge is -2.36. The van der Waals surface area contributed by atoms with Crippen molar-refractivity contribution in [2.45, 2.75) is 58.0 Å². The zero-order chi connectivity index (χ0) is 14.4. The van der Waals surface area contributed by atoms with Crippen LogP contribution in [0.25, 0.3) is 0 Å². The highest BCUT2D eigenvalue weighted by Crippen LogP contribution is 2.33. The van der Waals surface area contributed by atoms with Crippen LogP contribution < -0.4 is 5.32 Å². The lowest BCUT2D eigenvalue weighted by Crippen LogP contribution is -2.47. The minimum Gasteiger partial charge on any atom is -0.396 e. The largest absolute Gasteiger partial charge is 0.396 e. The van der Waals surface area contributed by atoms with Gasteiger partial charge in [-0.25, -0.2) is 0 Å². The average Bonchev–Trinajstić information content (AvgIpc) is 3.05. The van der Waals surface area contributed by atoms with Crippen LogP contribution in [0.2, 0.25) is 0 Å². The fraction of sp³-hybridized carbons (Fsp3) is 1.00. The molecular formula is C16H32N2O2. The topological polar surface area (TPSA) is 44.7 Å². The fourth-order valence-corrected chi connectivity index (χ4v) is 3.58. The number of nitrogens with one attached hydrogen (secondary N) is 1. The van der Waals surface area contributed by atoms with Crippen LogP contribution in [0.4, 0.5) is 0 Å². The number of likely N-dealkylation sites (tertiary alicyclic amines) is 1. The molecule has 0 radical (unpaired) electrons. The molecule has 0 bridgehead atoms. The Morgan fingerprint density at radius 3 is 2.95 bits per heavy atom. The first-order valence-corrected chi connectivity index (χ1v) is 8.31. The first-order valence-electron chi connectivity index (χ1n) is 8.31. The maximum Gasteiger partial charge on any atom is 0.0547 e. The standard InChI is InChI=1S/C16H32N2O2/c1-14(2)17-11-16(7-10-20-13-16)12-18-8-3-5-15(18)6-4-9-19/h14-15,17,19H,3-13H2,1-2H3. The molecule has 4 nitrogen and oxygen atoms in total. The van der Waals surface area contributed by atoms with Crippen LogP contribution in [0.5, 0.6) is 0 Å². The molecule has 0 aromatic rings. The van der Waals surface area contributed by atoms with E-state index in [0.29, 0.717) is 24.1 Å². The van der Waals surface area contributed by atoms with E-state index in [1.807, 2.05) is 0 Å². The van der Waals surface area contributed by atoms with E-state index in [2.05, 4.69) is 24.1 Å². The minimum absolute atomic E-state index is 0.298. The summed E-state index contributed by atoms with van der Waals surface area (Å²) in [5.41, 5.74) is 0.298. The molecule has 0 saturated carbocycles. The Hall–Kier alpha value is -0.160. The van der Waals surface area contributed by atoms with Gasteiger partial charge in [-0.3, -0.25) is 4.90 Å². The molecule has 4 heteroatoms. The summed E-state index contributed by atoms with van der Waals surface area (Å²) in [4.78, 5) is 2.66. The van der Waals surface area contributed by atoms with Crippen molar-refractivity contribution >= 4 is 0 Å². The van der Waals surface area contributed by atoms with Gasteiger partial charge in [-0.2, -0.15) is 0 Å². The maximum absolute atomic E-state index is 9.04. The SMILES string of the molecule is CC(C)NCC1(CN2CCCC2CCCO)CCOC1. The molecule has 2 saturated heterocycles. The van der Waals surface area contributed by atoms with E-state index in [0.717, 1.165) is 39.1 Å². The van der Waals surface area contributed by atoms with Crippen molar-refractivity contribution in [3.63, 3.8) is 0 Å². The van der Waals surface area contributed by atoms with E-state index in [4.69, 9.17) is 9.84 Å². The van der Waals surface area contributed by atoms with E-state index in [9.17, 15) is 0 Å². The zero-order valence-corrected chi connectivity index (χ0v) is 13.2. The summed E-state index contributed by atoms with van der Waals surface area (Å²) >= 11 is 0. The molecule has 0 amide bonds. The van der Waals surface area contributed by atoms with Crippen LogP contribution in [0.3, 0.4) is 0 Å². The van der Waals surface area contributed by atoms with E-state index in [1.54, 1.807) is 0 Å². The Morgan fingerprint density at radius 1 is 1.45 bits per heavy atom. The summed E-state index contributed by atoms with van der Waals surface area (Å²) < 4.78 is 5.71. The molecule has 20 heavy (non-hydrogen) atoms. The van der Waals surface area contributed by atoms with Crippen molar-refractivity contribution in [2.75, 3.05) is 39.5 Å². The van der Waals surface area contributed by atoms with E-state index in [1.165, 1.54) is 25.8 Å². The average molecular weight is 284 g/mol. The number of rotatable bonds is 8. The predicted octanol–water partition coefficient (Wildman–Crippen LogP) is 1.63. The van der Waals surface area contributed by atoms with E-state index in [-0.39, 0.29) is 0 Å². The van der Waals surface area contributed by atoms with Gasteiger partial charge in [-0.1, -0.05) is 13.8 Å². The van der Waals surface area contributed by atoms with Crippen molar-refractivity contribution in [2.24, 2.45) is 5.41 Å². The summed E-state index contributed by atoms with van der Waals surface area (Å²) in [7, 11) is 0. The molecule has 2 fully saturated rings. The molecule has 0 aromatic carbocycles. The Balaban J connectivity index is 1.89. The van der Waals surface area contributed by atoms with Gasteiger partial charge >= 0.3 is 0 Å². The Kier molecular flexibility index (Phi) is 6.27. The second-order valence-corrected chi connectivity index (χ2v) is 6.97. The predicted molar refractivity (Wildman–Crippen MR) is 81.9 cm³/mol. The molecule has 0 spiro atoms. The highest BCUT2D eigenvalue weighted by Gasteiger charge is 2.39. The number of nitrogens with zero attached hydrogens (tertiary/aromatic N) is 1. The van der Waals surface area contributed by atoms with Crippen molar-refractivity contribution in [1.82, 2.24) is 10.2 Å². The van der Waals surface area contributed by atoms with Gasteiger partial charge in [0.1, 0.15) is 0 Å². The van der Waals surface area contributed by atoms with Crippen LogP contribution >= 0.6 is 0 Å². The number of aliphatic hydroxyl groups is 1. The summed E-state index contributed by atoms with van der Waals surface area (Å²) in [6, 6.07) is 1.22. The molecule has 118 valence electrons. The molecule has 0 aromatic heterocycles. The molecule has 2 aliphatic heterocycles. The van der Waals surface area contributed by atoms with Crippen LogP contribution in [-0.2, 0) is 4.74 Å². The number of aliphatic hydroxyl groups excluding tert-OH is 1. The van der Waals surface area contributed by atoms with Gasteiger partial charge in [0.25, 0.3) is 0 Å². The molecule has 2 aliphatic rings. The smallest absolute Gasteiger partial charge is 0.0547 e. The van der Waals surface area contributed by atoms with E-state index >= 15 is 0 Å². The number of hydrogen-bond acceptors (Lipinski definition) is 4. The van der Waals surface area contributed by atoms with Crippen molar-refractivity contribution in [1.29, 1.82) is 0 Å². The lowest BCUT2D eigenvalue weighted by atomic mass is 9.86. The van der Waals surface area contributed by atoms with Gasteiger partial charge in [-0.15, -0.1) is 0 Å². The van der Waals surface area contributed by atoms with Crippen molar-refractivity contribution in [3.8, 4) is 0 Å². The Morgan fingerprint density at radius 2 is 2.30 bits per heavy atom. The molecule has 2 rings (SSSR count). The minimum atomic E-state index is 0.298. The first kappa shape index (κ1) is 16.2. The van der Waals surface area contributed by atoms with Crippen molar-refractivity contribution < 1.29 is 9.84 Å². The molecule has 0 aliphatic carbocycles. The first-order chi connectivity index (χ1) is 9.65. The van der Waals surface area contributed by atoms with Crippen LogP contribution in [0, 0.1) is 5.41 Å². The Labute approximate surface area is 123 Å². The highest BCUT2D eigenvalue weighted by molar-refractivity contribution is 4.92. The van der Waals surface area contributed by atoms with Crippen LogP contribution in [0.15, 0.2) is 0 Å². The molecule has 2 atom stereocenters. The summed E-state index contributed by atoms with van der Waals surface area (Å²) in [6.07, 6.45) is 5.87. The molecule has 2 unspecified atom stereocenters. The normalized spacial score (nSPS) is 31.5. The summed E-state index contributed by atoms with van der Waals surface area (Å²) in [5.74, 6) is 0. The third kappa shape index (κ3) is 4.42. The number of ether oxygens (including phenoxy) is 1. The second-order valence-electron chi connectivity index (χ2n) is 6.97. The Bertz CT molecular complexity index is 278. The van der Waals surface area contributed by atoms with Gasteiger partial charge in [0.2, 0.25) is 0 Å². The van der Waals surface area contributed by atoms with Gasteiger partial charge in [-0.05, 0) is 38.6 Å². The maximum atomic E-state index is 9.04. The third-order valence-electron chi connectivity index (χ3n) is 4.80. The second kappa shape index (κ2) is 7.74. The third-order valence-corrected chi connectivity index (χ3v) is 4.80. The molecular weight excluding hydrogens is 252 g/mol. The van der Waals surface area contributed by atoms with Gasteiger partial charge in [0, 0.05) is 43.8 Å². The quantitative estimate of drug-likeness (QED) is 0.711. The lowest BCUT2D eigenvalue weighted by molar-refractivity contribution is 0.0967. The van der Waals surface area contributed by atoms with Gasteiger partial charge in [0.05, 0.1) is 6.61 Å². The molecule has 2 N–H and O–H groups in total. The summed E-state index contributed by atoms with van der Waals surface area (Å²) in [5, 5.41) is 12.7. The van der Waals surface area contributed by atoms with Crippen LogP contribution in [-0.4, -0.2) is 61.5 Å². The van der Waals surface area contributed by atoms with Gasteiger partial charge in [0.15, 0.2) is 0 Å². The zero-order valence-electron chi connectivity index (χ0n) is 13.2. The van der Waals surface area contributed by atoms with E-state index < -0.39 is 0 Å². The van der Waals surface area contributed by atoms with Crippen LogP contribution in [0.1, 0.15) is 46.0 Å². The van der Waals surface area contributed by atoms with Gasteiger partial charge < -0.3 is 15.2 Å². The monoisotopic (exact) mass is 284 g/mol. The fourth-order valence-electron chi connectivity index (χ4n) is 3.58. The number of hydrogen-bond donors (Lipinski definition) is 2. The summed E-state index contributed by atoms with van der Waals surface area (Å²) in [6.45, 7) is 10.0.